The average molecular weight is 357 g/mol. The van der Waals surface area contributed by atoms with Crippen molar-refractivity contribution < 1.29 is 9.59 Å². The van der Waals surface area contributed by atoms with E-state index in [0.717, 1.165) is 56.3 Å². The molecule has 1 heterocycles. The zero-order valence-electron chi connectivity index (χ0n) is 16.4. The quantitative estimate of drug-likeness (QED) is 0.776. The zero-order valence-corrected chi connectivity index (χ0v) is 16.4. The van der Waals surface area contributed by atoms with Crippen LogP contribution < -0.4 is 0 Å². The number of hydrogen-bond donors (Lipinski definition) is 0. The van der Waals surface area contributed by atoms with Crippen molar-refractivity contribution in [3.05, 3.63) is 35.4 Å². The van der Waals surface area contributed by atoms with Crippen molar-refractivity contribution in [1.29, 1.82) is 0 Å². The van der Waals surface area contributed by atoms with Gasteiger partial charge in [0.05, 0.1) is 5.92 Å². The molecule has 0 N–H and O–H groups in total. The van der Waals surface area contributed by atoms with Crippen molar-refractivity contribution in [1.82, 2.24) is 9.80 Å². The first kappa shape index (κ1) is 18.9. The van der Waals surface area contributed by atoms with E-state index in [-0.39, 0.29) is 17.7 Å². The summed E-state index contributed by atoms with van der Waals surface area (Å²) >= 11 is 0. The fraction of sp³-hybridized carbons (Fsp3) is 0.636. The number of nitrogens with zero attached hydrogens (tertiary/aromatic N) is 2. The Labute approximate surface area is 157 Å². The molecular weight excluding hydrogens is 324 g/mol. The fourth-order valence-electron chi connectivity index (χ4n) is 3.73. The third-order valence-corrected chi connectivity index (χ3v) is 5.57. The van der Waals surface area contributed by atoms with Crippen LogP contribution in [0.25, 0.3) is 0 Å². The molecule has 4 nitrogen and oxygen atoms in total. The molecule has 142 valence electrons. The maximum absolute atomic E-state index is 13.1. The van der Waals surface area contributed by atoms with E-state index in [1.165, 1.54) is 0 Å². The maximum atomic E-state index is 13.1. The predicted molar refractivity (Wildman–Crippen MR) is 104 cm³/mol. The van der Waals surface area contributed by atoms with Gasteiger partial charge in [0.25, 0.3) is 5.91 Å². The molecule has 0 radical (unpaired) electrons. The fourth-order valence-corrected chi connectivity index (χ4v) is 3.73. The maximum Gasteiger partial charge on any atom is 0.253 e. The van der Waals surface area contributed by atoms with Crippen molar-refractivity contribution in [2.45, 2.75) is 58.9 Å². The van der Waals surface area contributed by atoms with Crippen molar-refractivity contribution in [2.24, 2.45) is 11.8 Å². The first-order chi connectivity index (χ1) is 12.5. The van der Waals surface area contributed by atoms with Crippen LogP contribution in [0, 0.1) is 18.8 Å². The highest BCUT2D eigenvalue weighted by atomic mass is 16.2. The number of rotatable bonds is 6. The Bertz CT molecular complexity index is 634. The second kappa shape index (κ2) is 8.24. The number of carbonyl (C=O) groups excluding carboxylic acids is 2. The van der Waals surface area contributed by atoms with Gasteiger partial charge in [-0.2, -0.15) is 0 Å². The lowest BCUT2D eigenvalue weighted by molar-refractivity contribution is -0.137. The lowest BCUT2D eigenvalue weighted by Crippen LogP contribution is -2.47. The first-order valence-corrected chi connectivity index (χ1v) is 10.1. The predicted octanol–water partition coefficient (Wildman–Crippen LogP) is 3.88. The van der Waals surface area contributed by atoms with Gasteiger partial charge in [-0.15, -0.1) is 0 Å². The molecule has 26 heavy (non-hydrogen) atoms. The van der Waals surface area contributed by atoms with Gasteiger partial charge in [-0.3, -0.25) is 9.59 Å². The summed E-state index contributed by atoms with van der Waals surface area (Å²) in [4.78, 5) is 29.9. The van der Waals surface area contributed by atoms with Gasteiger partial charge >= 0.3 is 0 Å². The summed E-state index contributed by atoms with van der Waals surface area (Å²) in [5.41, 5.74) is 1.88. The second-order valence-corrected chi connectivity index (χ2v) is 8.40. The van der Waals surface area contributed by atoms with Gasteiger partial charge < -0.3 is 9.80 Å². The molecule has 1 atom stereocenters. The van der Waals surface area contributed by atoms with Crippen LogP contribution in [0.3, 0.4) is 0 Å². The van der Waals surface area contributed by atoms with Crippen LogP contribution in [0.2, 0.25) is 0 Å². The van der Waals surface area contributed by atoms with E-state index in [4.69, 9.17) is 0 Å². The first-order valence-electron chi connectivity index (χ1n) is 10.1. The summed E-state index contributed by atoms with van der Waals surface area (Å²) in [7, 11) is 0. The third kappa shape index (κ3) is 4.66. The van der Waals surface area contributed by atoms with E-state index in [0.29, 0.717) is 18.5 Å². The van der Waals surface area contributed by atoms with Gasteiger partial charge in [0.2, 0.25) is 5.91 Å². The molecule has 0 spiro atoms. The third-order valence-electron chi connectivity index (χ3n) is 5.57. The Hall–Kier alpha value is -1.84. The molecular formula is C22H32N2O2. The molecule has 0 bridgehead atoms. The zero-order chi connectivity index (χ0) is 18.7. The van der Waals surface area contributed by atoms with Gasteiger partial charge in [-0.25, -0.2) is 0 Å². The number of carbonyl (C=O) groups is 2. The highest BCUT2D eigenvalue weighted by Crippen LogP contribution is 2.31. The summed E-state index contributed by atoms with van der Waals surface area (Å²) in [6, 6.07) is 8.18. The van der Waals surface area contributed by atoms with Crippen LogP contribution in [0.1, 0.15) is 61.9 Å². The Morgan fingerprint density at radius 1 is 1.15 bits per heavy atom. The Balaban J connectivity index is 1.64. The molecule has 4 heteroatoms. The Morgan fingerprint density at radius 2 is 1.85 bits per heavy atom. The van der Waals surface area contributed by atoms with Crippen LogP contribution in [0.5, 0.6) is 0 Å². The van der Waals surface area contributed by atoms with Crippen LogP contribution in [0.15, 0.2) is 24.3 Å². The Kier molecular flexibility index (Phi) is 6.00. The van der Waals surface area contributed by atoms with E-state index >= 15 is 0 Å². The number of aryl methyl sites for hydroxylation is 1. The van der Waals surface area contributed by atoms with E-state index in [1.807, 2.05) is 36.1 Å². The number of likely N-dealkylation sites (tertiary alicyclic amines) is 1. The van der Waals surface area contributed by atoms with Gasteiger partial charge in [0.1, 0.15) is 0 Å². The molecule has 3 rings (SSSR count). The van der Waals surface area contributed by atoms with Crippen LogP contribution in [-0.2, 0) is 4.79 Å². The minimum absolute atomic E-state index is 0.0362. The van der Waals surface area contributed by atoms with Crippen molar-refractivity contribution >= 4 is 11.8 Å². The smallest absolute Gasteiger partial charge is 0.253 e. The van der Waals surface area contributed by atoms with Crippen LogP contribution >= 0.6 is 0 Å². The van der Waals surface area contributed by atoms with Gasteiger partial charge in [0.15, 0.2) is 0 Å². The summed E-state index contributed by atoms with van der Waals surface area (Å²) < 4.78 is 0. The summed E-state index contributed by atoms with van der Waals surface area (Å²) in [6.45, 7) is 8.62. The minimum Gasteiger partial charge on any atom is -0.339 e. The van der Waals surface area contributed by atoms with Crippen molar-refractivity contribution in [3.8, 4) is 0 Å². The topological polar surface area (TPSA) is 40.6 Å². The van der Waals surface area contributed by atoms with Gasteiger partial charge in [0, 0.05) is 31.2 Å². The Morgan fingerprint density at radius 3 is 2.46 bits per heavy atom. The van der Waals surface area contributed by atoms with Gasteiger partial charge in [-0.05, 0) is 57.1 Å². The summed E-state index contributed by atoms with van der Waals surface area (Å²) in [6.07, 6.45) is 5.16. The molecule has 1 aliphatic heterocycles. The van der Waals surface area contributed by atoms with E-state index < -0.39 is 0 Å². The molecule has 1 unspecified atom stereocenters. The molecule has 1 saturated heterocycles. The highest BCUT2D eigenvalue weighted by molar-refractivity contribution is 5.94. The molecule has 1 aliphatic carbocycles. The van der Waals surface area contributed by atoms with Gasteiger partial charge in [-0.1, -0.05) is 31.5 Å². The average Bonchev–Trinajstić information content (AvgIpc) is 3.47. The summed E-state index contributed by atoms with van der Waals surface area (Å²) in [5.74, 6) is 0.901. The monoisotopic (exact) mass is 356 g/mol. The number of benzene rings is 1. The van der Waals surface area contributed by atoms with Crippen molar-refractivity contribution in [3.63, 3.8) is 0 Å². The molecule has 2 fully saturated rings. The molecule has 2 amide bonds. The standard InChI is InChI=1S/C22H32N2O2/c1-16(2)12-14-24(20-10-11-20)22(26)19-5-4-13-23(15-19)21(25)18-8-6-17(3)7-9-18/h6-9,16,19-20H,4-5,10-15H2,1-3H3. The highest BCUT2D eigenvalue weighted by Gasteiger charge is 2.37. The molecule has 0 aromatic heterocycles. The minimum atomic E-state index is -0.0362. The lowest BCUT2D eigenvalue weighted by Gasteiger charge is -2.35. The molecule has 2 aliphatic rings. The number of hydrogen-bond acceptors (Lipinski definition) is 2. The van der Waals surface area contributed by atoms with Crippen molar-refractivity contribution in [2.75, 3.05) is 19.6 Å². The number of piperidine rings is 1. The SMILES string of the molecule is Cc1ccc(C(=O)N2CCCC(C(=O)N(CCC(C)C)C3CC3)C2)cc1. The molecule has 1 saturated carbocycles. The van der Waals surface area contributed by atoms with E-state index in [1.54, 1.807) is 0 Å². The lowest BCUT2D eigenvalue weighted by atomic mass is 9.95. The molecule has 1 aromatic rings. The normalized spacial score (nSPS) is 20.3. The number of amides is 2. The molecule has 1 aromatic carbocycles. The largest absolute Gasteiger partial charge is 0.339 e. The van der Waals surface area contributed by atoms with Crippen LogP contribution in [0.4, 0.5) is 0 Å². The second-order valence-electron chi connectivity index (χ2n) is 8.40. The van der Waals surface area contributed by atoms with E-state index in [2.05, 4.69) is 18.7 Å². The van der Waals surface area contributed by atoms with E-state index in [9.17, 15) is 9.59 Å². The summed E-state index contributed by atoms with van der Waals surface area (Å²) in [5, 5.41) is 0. The van der Waals surface area contributed by atoms with Crippen LogP contribution in [-0.4, -0.2) is 47.3 Å².